The number of nitrogens with one attached hydrogen (secondary N) is 2. The molecule has 0 unspecified atom stereocenters. The molecule has 8 heteroatoms. The molecule has 0 bridgehead atoms. The van der Waals surface area contributed by atoms with Gasteiger partial charge in [0.15, 0.2) is 0 Å². The summed E-state index contributed by atoms with van der Waals surface area (Å²) in [7, 11) is 2.14. The summed E-state index contributed by atoms with van der Waals surface area (Å²) in [5, 5.41) is 19.6. The number of rotatable bonds is 4. The van der Waals surface area contributed by atoms with Crippen molar-refractivity contribution >= 4 is 5.71 Å². The molecule has 3 rings (SSSR count). The number of hydrogen-bond donors (Lipinski definition) is 2. The van der Waals surface area contributed by atoms with Crippen LogP contribution in [-0.4, -0.2) is 53.5 Å². The van der Waals surface area contributed by atoms with Crippen molar-refractivity contribution < 1.29 is 10.0 Å². The Balaban J connectivity index is 1.99. The third-order valence-corrected chi connectivity index (χ3v) is 5.52. The van der Waals surface area contributed by atoms with Crippen LogP contribution in [0.25, 0.3) is 0 Å². The molecule has 8 nitrogen and oxygen atoms in total. The predicted molar refractivity (Wildman–Crippen MR) is 97.9 cm³/mol. The van der Waals surface area contributed by atoms with E-state index in [4.69, 9.17) is 0 Å². The first-order chi connectivity index (χ1) is 12.5. The normalized spacial score (nSPS) is 20.5. The molecule has 144 valence electrons. The summed E-state index contributed by atoms with van der Waals surface area (Å²) in [6.45, 7) is 5.42. The quantitative estimate of drug-likeness (QED) is 0.675. The van der Waals surface area contributed by atoms with E-state index >= 15 is 0 Å². The second-order valence-electron chi connectivity index (χ2n) is 7.41. The highest BCUT2D eigenvalue weighted by molar-refractivity contribution is 6.01. The van der Waals surface area contributed by atoms with Crippen molar-refractivity contribution in [2.24, 2.45) is 5.10 Å². The Bertz CT molecular complexity index is 768. The van der Waals surface area contributed by atoms with Crippen molar-refractivity contribution in [2.45, 2.75) is 51.5 Å². The monoisotopic (exact) mass is 363 g/mol. The van der Waals surface area contributed by atoms with Gasteiger partial charge in [-0.2, -0.15) is 5.10 Å². The van der Waals surface area contributed by atoms with E-state index in [0.717, 1.165) is 58.3 Å². The minimum absolute atomic E-state index is 0.0314. The fraction of sp³-hybridized carbons (Fsp3) is 0.722. The SMILES string of the molecule is CC/C(=N\N1CC[NH+](C)CC1)c1c([O-])n(C2CCCCC2)c(=O)[nH]c1=O. The second kappa shape index (κ2) is 8.07. The van der Waals surface area contributed by atoms with Gasteiger partial charge < -0.3 is 14.6 Å². The highest BCUT2D eigenvalue weighted by Crippen LogP contribution is 2.29. The van der Waals surface area contributed by atoms with Crippen LogP contribution in [0.15, 0.2) is 14.7 Å². The van der Waals surface area contributed by atoms with Crippen LogP contribution < -0.4 is 21.3 Å². The molecule has 1 aromatic heterocycles. The van der Waals surface area contributed by atoms with Crippen molar-refractivity contribution in [3.63, 3.8) is 0 Å². The molecule has 0 spiro atoms. The Morgan fingerprint density at radius 3 is 2.50 bits per heavy atom. The molecule has 2 heterocycles. The van der Waals surface area contributed by atoms with E-state index in [1.807, 2.05) is 11.9 Å². The van der Waals surface area contributed by atoms with Gasteiger partial charge in [-0.25, -0.2) is 4.79 Å². The van der Waals surface area contributed by atoms with Gasteiger partial charge in [-0.1, -0.05) is 26.2 Å². The van der Waals surface area contributed by atoms with Crippen LogP contribution in [0.1, 0.15) is 57.1 Å². The molecule has 0 radical (unpaired) electrons. The Morgan fingerprint density at radius 2 is 1.88 bits per heavy atom. The molecule has 2 fully saturated rings. The second-order valence-corrected chi connectivity index (χ2v) is 7.41. The van der Waals surface area contributed by atoms with Crippen LogP contribution in [0.4, 0.5) is 0 Å². The number of aromatic nitrogens is 2. The zero-order chi connectivity index (χ0) is 18.7. The molecule has 0 amide bonds. The molecule has 1 aliphatic heterocycles. The molecule has 2 N–H and O–H groups in total. The van der Waals surface area contributed by atoms with E-state index in [0.29, 0.717) is 12.1 Å². The molecular formula is C18H29N5O3. The molecule has 1 saturated carbocycles. The number of piperazine rings is 1. The minimum atomic E-state index is -0.618. The number of H-pyrrole nitrogens is 1. The lowest BCUT2D eigenvalue weighted by molar-refractivity contribution is -0.884. The van der Waals surface area contributed by atoms with Crippen LogP contribution in [0, 0.1) is 0 Å². The molecule has 2 aliphatic rings. The van der Waals surface area contributed by atoms with Crippen molar-refractivity contribution in [1.29, 1.82) is 0 Å². The van der Waals surface area contributed by atoms with Gasteiger partial charge in [-0.05, 0) is 25.1 Å². The van der Waals surface area contributed by atoms with E-state index in [9.17, 15) is 14.7 Å². The van der Waals surface area contributed by atoms with Gasteiger partial charge in [0.1, 0.15) is 0 Å². The lowest BCUT2D eigenvalue weighted by Crippen LogP contribution is -3.11. The largest absolute Gasteiger partial charge is 0.859 e. The summed E-state index contributed by atoms with van der Waals surface area (Å²) < 4.78 is 1.26. The Hall–Kier alpha value is -2.09. The molecule has 0 atom stereocenters. The van der Waals surface area contributed by atoms with E-state index in [-0.39, 0.29) is 11.6 Å². The van der Waals surface area contributed by atoms with Crippen LogP contribution in [-0.2, 0) is 0 Å². The lowest BCUT2D eigenvalue weighted by Gasteiger charge is -2.31. The first kappa shape index (κ1) is 18.7. The Morgan fingerprint density at radius 1 is 1.23 bits per heavy atom. The smallest absolute Gasteiger partial charge is 0.328 e. The van der Waals surface area contributed by atoms with Crippen LogP contribution >= 0.6 is 0 Å². The van der Waals surface area contributed by atoms with Gasteiger partial charge in [0.05, 0.1) is 44.5 Å². The average molecular weight is 363 g/mol. The van der Waals surface area contributed by atoms with Crippen LogP contribution in [0.3, 0.4) is 0 Å². The van der Waals surface area contributed by atoms with E-state index < -0.39 is 17.1 Å². The maximum absolute atomic E-state index is 13.0. The maximum Gasteiger partial charge on any atom is 0.328 e. The number of quaternary nitrogens is 1. The Labute approximate surface area is 153 Å². The highest BCUT2D eigenvalue weighted by atomic mass is 16.3. The fourth-order valence-corrected chi connectivity index (χ4v) is 3.90. The molecule has 1 aliphatic carbocycles. The van der Waals surface area contributed by atoms with Crippen molar-refractivity contribution in [1.82, 2.24) is 14.6 Å². The fourth-order valence-electron chi connectivity index (χ4n) is 3.90. The van der Waals surface area contributed by atoms with Crippen LogP contribution in [0.5, 0.6) is 5.88 Å². The summed E-state index contributed by atoms with van der Waals surface area (Å²) in [5.74, 6) is -0.481. The van der Waals surface area contributed by atoms with Gasteiger partial charge in [0.2, 0.25) is 0 Å². The van der Waals surface area contributed by atoms with E-state index in [1.54, 1.807) is 0 Å². The number of nitrogens with zero attached hydrogens (tertiary/aromatic N) is 3. The highest BCUT2D eigenvalue weighted by Gasteiger charge is 2.22. The molecule has 1 saturated heterocycles. The first-order valence-electron chi connectivity index (χ1n) is 9.71. The average Bonchev–Trinajstić information content (AvgIpc) is 2.63. The van der Waals surface area contributed by atoms with Crippen molar-refractivity contribution in [3.05, 3.63) is 26.4 Å². The lowest BCUT2D eigenvalue weighted by atomic mass is 9.95. The van der Waals surface area contributed by atoms with Gasteiger partial charge in [0.25, 0.3) is 5.56 Å². The maximum atomic E-state index is 13.0. The number of hydrogen-bond acceptors (Lipinski definition) is 5. The van der Waals surface area contributed by atoms with Gasteiger partial charge >= 0.3 is 5.69 Å². The third kappa shape index (κ3) is 3.85. The first-order valence-corrected chi connectivity index (χ1v) is 9.71. The number of hydrazone groups is 1. The predicted octanol–water partition coefficient (Wildman–Crippen LogP) is -0.940. The van der Waals surface area contributed by atoms with Crippen LogP contribution in [0.2, 0.25) is 0 Å². The van der Waals surface area contributed by atoms with E-state index in [1.165, 1.54) is 9.47 Å². The Kier molecular flexibility index (Phi) is 5.80. The number of aromatic amines is 1. The molecular weight excluding hydrogens is 334 g/mol. The summed E-state index contributed by atoms with van der Waals surface area (Å²) in [4.78, 5) is 28.5. The minimum Gasteiger partial charge on any atom is -0.859 e. The van der Waals surface area contributed by atoms with E-state index in [2.05, 4.69) is 17.1 Å². The summed E-state index contributed by atoms with van der Waals surface area (Å²) in [6.07, 6.45) is 5.22. The zero-order valence-corrected chi connectivity index (χ0v) is 15.7. The molecule has 26 heavy (non-hydrogen) atoms. The van der Waals surface area contributed by atoms with Crippen molar-refractivity contribution in [3.8, 4) is 5.88 Å². The van der Waals surface area contributed by atoms with Gasteiger partial charge in [-0.15, -0.1) is 0 Å². The van der Waals surface area contributed by atoms with Crippen molar-refractivity contribution in [2.75, 3.05) is 33.2 Å². The zero-order valence-electron chi connectivity index (χ0n) is 15.7. The molecule has 0 aromatic carbocycles. The summed E-state index contributed by atoms with van der Waals surface area (Å²) in [5.41, 5.74) is -0.703. The summed E-state index contributed by atoms with van der Waals surface area (Å²) >= 11 is 0. The topological polar surface area (TPSA) is 98.0 Å². The molecule has 1 aromatic rings. The number of likely N-dealkylation sites (N-methyl/N-ethyl adjacent to an activating group) is 1. The van der Waals surface area contributed by atoms with Gasteiger partial charge in [0, 0.05) is 6.04 Å². The third-order valence-electron chi connectivity index (χ3n) is 5.52. The standard InChI is InChI=1S/C18H29N5O3/c1-3-14(20-22-11-9-21(2)10-12-22)15-16(24)19-18(26)23(17(15)25)13-7-5-4-6-8-13/h13,25H,3-12H2,1-2H3,(H,19,24,26)/b20-14+. The summed E-state index contributed by atoms with van der Waals surface area (Å²) in [6, 6.07) is -0.121. The van der Waals surface area contributed by atoms with Gasteiger partial charge in [-0.3, -0.25) is 14.8 Å².